The van der Waals surface area contributed by atoms with Gasteiger partial charge < -0.3 is 4.90 Å². The number of alkyl halides is 3. The molecule has 0 spiro atoms. The minimum atomic E-state index is -4.44. The van der Waals surface area contributed by atoms with Crippen LogP contribution < -0.4 is 0 Å². The molecule has 0 bridgehead atoms. The van der Waals surface area contributed by atoms with E-state index in [2.05, 4.69) is 5.10 Å². The predicted octanol–water partition coefficient (Wildman–Crippen LogP) is 5.09. The zero-order chi connectivity index (χ0) is 21.3. The molecule has 158 valence electrons. The van der Waals surface area contributed by atoms with Crippen molar-refractivity contribution < 1.29 is 18.0 Å². The van der Waals surface area contributed by atoms with Gasteiger partial charge in [-0.25, -0.2) is 0 Å². The highest BCUT2D eigenvalue weighted by Crippen LogP contribution is 2.36. The van der Waals surface area contributed by atoms with E-state index in [0.717, 1.165) is 18.4 Å². The quantitative estimate of drug-likeness (QED) is 0.693. The third-order valence-electron chi connectivity index (χ3n) is 5.38. The second kappa shape index (κ2) is 8.20. The molecule has 1 amide bonds. The van der Waals surface area contributed by atoms with Crippen LogP contribution in [-0.2, 0) is 25.6 Å². The number of rotatable bonds is 5. The molecule has 1 aromatic heterocycles. The fourth-order valence-electron chi connectivity index (χ4n) is 4.22. The molecule has 0 atom stereocenters. The Kier molecular flexibility index (Phi) is 6.05. The van der Waals surface area contributed by atoms with E-state index in [4.69, 9.17) is 0 Å². The van der Waals surface area contributed by atoms with Crippen molar-refractivity contribution in [3.8, 4) is 0 Å². The number of carbonyl (C=O) groups is 1. The van der Waals surface area contributed by atoms with Crippen LogP contribution in [0.25, 0.3) is 0 Å². The highest BCUT2D eigenvalue weighted by Gasteiger charge is 2.39. The molecule has 1 aromatic carbocycles. The summed E-state index contributed by atoms with van der Waals surface area (Å²) in [6.07, 6.45) is -1.80. The number of nitrogens with zero attached hydrogens (tertiary/aromatic N) is 3. The minimum absolute atomic E-state index is 0.0543. The molecule has 1 aliphatic carbocycles. The molecule has 0 radical (unpaired) electrons. The maximum absolute atomic E-state index is 13.4. The van der Waals surface area contributed by atoms with Crippen LogP contribution in [0.15, 0.2) is 24.3 Å². The highest BCUT2D eigenvalue weighted by molar-refractivity contribution is 5.94. The number of fused-ring (bicyclic) bond motifs is 1. The molecule has 0 saturated carbocycles. The van der Waals surface area contributed by atoms with Gasteiger partial charge in [0.15, 0.2) is 5.69 Å². The monoisotopic (exact) mass is 407 g/mol. The van der Waals surface area contributed by atoms with Gasteiger partial charge in [0.1, 0.15) is 0 Å². The molecule has 2 aromatic rings. The van der Waals surface area contributed by atoms with Crippen LogP contribution in [0, 0.1) is 0 Å². The molecule has 0 N–H and O–H groups in total. The average molecular weight is 407 g/mol. The summed E-state index contributed by atoms with van der Waals surface area (Å²) < 4.78 is 41.7. The van der Waals surface area contributed by atoms with Crippen LogP contribution in [0.3, 0.4) is 0 Å². The lowest BCUT2D eigenvalue weighted by atomic mass is 9.95. The van der Waals surface area contributed by atoms with Gasteiger partial charge in [-0.05, 0) is 71.1 Å². The van der Waals surface area contributed by atoms with Crippen LogP contribution in [0.2, 0.25) is 0 Å². The smallest absolute Gasteiger partial charge is 0.334 e. The third-order valence-corrected chi connectivity index (χ3v) is 5.38. The van der Waals surface area contributed by atoms with Crippen LogP contribution in [0.5, 0.6) is 0 Å². The van der Waals surface area contributed by atoms with Crippen LogP contribution in [0.1, 0.15) is 73.4 Å². The fourth-order valence-corrected chi connectivity index (χ4v) is 4.22. The van der Waals surface area contributed by atoms with Crippen molar-refractivity contribution in [2.24, 2.45) is 0 Å². The molecule has 7 heteroatoms. The molecule has 0 fully saturated rings. The van der Waals surface area contributed by atoms with E-state index in [0.29, 0.717) is 29.7 Å². The van der Waals surface area contributed by atoms with Gasteiger partial charge in [-0.2, -0.15) is 18.3 Å². The number of hydrogen-bond donors (Lipinski definition) is 0. The van der Waals surface area contributed by atoms with Crippen molar-refractivity contribution >= 4 is 5.91 Å². The van der Waals surface area contributed by atoms with E-state index in [1.807, 2.05) is 33.8 Å². The summed E-state index contributed by atoms with van der Waals surface area (Å²) in [6.45, 7) is 8.10. The first-order valence-electron chi connectivity index (χ1n) is 10.2. The van der Waals surface area contributed by atoms with Crippen molar-refractivity contribution in [3.05, 3.63) is 52.3 Å². The van der Waals surface area contributed by atoms with Gasteiger partial charge in [0.05, 0.1) is 6.54 Å². The maximum Gasteiger partial charge on any atom is 0.435 e. The van der Waals surface area contributed by atoms with E-state index >= 15 is 0 Å². The van der Waals surface area contributed by atoms with Crippen molar-refractivity contribution in [1.29, 1.82) is 0 Å². The average Bonchev–Trinajstić information content (AvgIpc) is 3.00. The third kappa shape index (κ3) is 4.49. The van der Waals surface area contributed by atoms with Crippen LogP contribution >= 0.6 is 0 Å². The Balaban J connectivity index is 1.92. The Hall–Kier alpha value is -2.31. The molecule has 0 aliphatic heterocycles. The molecule has 0 unspecified atom stereocenters. The minimum Gasteiger partial charge on any atom is -0.334 e. The van der Waals surface area contributed by atoms with E-state index in [1.165, 1.54) is 4.68 Å². The van der Waals surface area contributed by atoms with Gasteiger partial charge >= 0.3 is 6.18 Å². The normalized spacial score (nSPS) is 14.4. The first-order valence-corrected chi connectivity index (χ1v) is 10.2. The van der Waals surface area contributed by atoms with Crippen molar-refractivity contribution in [2.45, 2.75) is 78.2 Å². The maximum atomic E-state index is 13.4. The van der Waals surface area contributed by atoms with Crippen molar-refractivity contribution in [3.63, 3.8) is 0 Å². The van der Waals surface area contributed by atoms with E-state index in [1.54, 1.807) is 23.1 Å². The van der Waals surface area contributed by atoms with E-state index in [-0.39, 0.29) is 24.5 Å². The van der Waals surface area contributed by atoms with E-state index in [9.17, 15) is 18.0 Å². The number of hydrogen-bond acceptors (Lipinski definition) is 2. The SMILES string of the molecule is CC(C)N(C(=O)c1cccc(Cn2nc(C(F)(F)F)c3c2CCCC3)c1)C(C)C. The molecule has 0 saturated heterocycles. The lowest BCUT2D eigenvalue weighted by Gasteiger charge is -2.31. The van der Waals surface area contributed by atoms with E-state index < -0.39 is 11.9 Å². The number of halogens is 3. The Labute approximate surface area is 169 Å². The summed E-state index contributed by atoms with van der Waals surface area (Å²) in [5, 5.41) is 3.92. The van der Waals surface area contributed by atoms with Crippen molar-refractivity contribution in [2.75, 3.05) is 0 Å². The second-order valence-corrected chi connectivity index (χ2v) is 8.24. The Bertz CT molecular complexity index is 876. The van der Waals surface area contributed by atoms with Gasteiger partial charge in [-0.15, -0.1) is 0 Å². The summed E-state index contributed by atoms with van der Waals surface area (Å²) in [6, 6.07) is 7.24. The van der Waals surface area contributed by atoms with Gasteiger partial charge in [0, 0.05) is 28.9 Å². The highest BCUT2D eigenvalue weighted by atomic mass is 19.4. The molecule has 1 heterocycles. The summed E-state index contributed by atoms with van der Waals surface area (Å²) in [5.74, 6) is -0.0738. The summed E-state index contributed by atoms with van der Waals surface area (Å²) in [7, 11) is 0. The Morgan fingerprint density at radius 2 is 1.79 bits per heavy atom. The number of carbonyl (C=O) groups excluding carboxylic acids is 1. The molecule has 4 nitrogen and oxygen atoms in total. The zero-order valence-electron chi connectivity index (χ0n) is 17.4. The number of benzene rings is 1. The lowest BCUT2D eigenvalue weighted by Crippen LogP contribution is -2.42. The summed E-state index contributed by atoms with van der Waals surface area (Å²) in [4.78, 5) is 14.8. The largest absolute Gasteiger partial charge is 0.435 e. The standard InChI is InChI=1S/C22H28F3N3O/c1-14(2)28(15(3)4)21(29)17-9-7-8-16(12-17)13-27-19-11-6-5-10-18(19)20(26-27)22(23,24)25/h7-9,12,14-15H,5-6,10-11,13H2,1-4H3. The summed E-state index contributed by atoms with van der Waals surface area (Å²) >= 11 is 0. The second-order valence-electron chi connectivity index (χ2n) is 8.24. The van der Waals surface area contributed by atoms with Gasteiger partial charge in [0.25, 0.3) is 5.91 Å². The molecule has 3 rings (SSSR count). The van der Waals surface area contributed by atoms with Gasteiger partial charge in [0.2, 0.25) is 0 Å². The molecule has 29 heavy (non-hydrogen) atoms. The van der Waals surface area contributed by atoms with Crippen LogP contribution in [-0.4, -0.2) is 32.7 Å². The van der Waals surface area contributed by atoms with Crippen LogP contribution in [0.4, 0.5) is 13.2 Å². The first-order chi connectivity index (χ1) is 13.6. The Morgan fingerprint density at radius 1 is 1.14 bits per heavy atom. The van der Waals surface area contributed by atoms with Gasteiger partial charge in [-0.1, -0.05) is 12.1 Å². The number of amides is 1. The molecular formula is C22H28F3N3O. The Morgan fingerprint density at radius 3 is 2.41 bits per heavy atom. The molecule has 1 aliphatic rings. The number of aromatic nitrogens is 2. The lowest BCUT2D eigenvalue weighted by molar-refractivity contribution is -0.142. The zero-order valence-corrected chi connectivity index (χ0v) is 17.4. The fraction of sp³-hybridized carbons (Fsp3) is 0.545. The molecular weight excluding hydrogens is 379 g/mol. The first kappa shape index (κ1) is 21.4. The van der Waals surface area contributed by atoms with Gasteiger partial charge in [-0.3, -0.25) is 9.48 Å². The van der Waals surface area contributed by atoms with Crippen molar-refractivity contribution in [1.82, 2.24) is 14.7 Å². The predicted molar refractivity (Wildman–Crippen MR) is 106 cm³/mol. The summed E-state index contributed by atoms with van der Waals surface area (Å²) in [5.41, 5.74) is 1.56. The topological polar surface area (TPSA) is 38.1 Å².